The van der Waals surface area contributed by atoms with E-state index in [1.807, 2.05) is 24.3 Å². The number of ether oxygens (including phenoxy) is 2. The van der Waals surface area contributed by atoms with Crippen LogP contribution in [0.2, 0.25) is 0 Å². The maximum Gasteiger partial charge on any atom is 0.408 e. The smallest absolute Gasteiger partial charge is 0.408 e. The summed E-state index contributed by atoms with van der Waals surface area (Å²) in [4.78, 5) is 26.4. The Kier molecular flexibility index (Phi) is 10.5. The Morgan fingerprint density at radius 3 is 2.14 bits per heavy atom. The number of halogens is 2. The molecule has 0 saturated carbocycles. The second kappa shape index (κ2) is 12.0. The molecule has 1 rings (SSSR count). The fourth-order valence-corrected chi connectivity index (χ4v) is 2.95. The van der Waals surface area contributed by atoms with Gasteiger partial charge in [0.25, 0.3) is 0 Å². The number of esters is 1. The molecule has 28 heavy (non-hydrogen) atoms. The number of carbonyl (C=O) groups is 2. The Hall–Kier alpha value is -1.66. The molecule has 0 bridgehead atoms. The van der Waals surface area contributed by atoms with Gasteiger partial charge >= 0.3 is 12.1 Å². The second-order valence-corrected chi connectivity index (χ2v) is 7.94. The Bertz CT molecular complexity index is 612. The molecule has 8 heteroatoms. The van der Waals surface area contributed by atoms with Gasteiger partial charge in [0.1, 0.15) is 11.6 Å². The molecule has 1 aromatic rings. The van der Waals surface area contributed by atoms with Crippen molar-refractivity contribution in [1.82, 2.24) is 5.32 Å². The summed E-state index contributed by atoms with van der Waals surface area (Å²) in [6.45, 7) is 8.63. The summed E-state index contributed by atoms with van der Waals surface area (Å²) < 4.78 is 10.3. The van der Waals surface area contributed by atoms with E-state index in [0.717, 1.165) is 11.3 Å². The lowest BCUT2D eigenvalue weighted by Gasteiger charge is -2.24. The Morgan fingerprint density at radius 1 is 1.11 bits per heavy atom. The molecular weight excluding hydrogens is 403 g/mol. The SMILES string of the molecule is CCOC(=O)[C@H](Cc1ccc(N(CCCl)CCCl)cc1)NC(=O)OC(C)(C)C. The van der Waals surface area contributed by atoms with Crippen molar-refractivity contribution >= 4 is 41.0 Å². The summed E-state index contributed by atoms with van der Waals surface area (Å²) >= 11 is 11.7. The van der Waals surface area contributed by atoms with Crippen molar-refractivity contribution in [3.05, 3.63) is 29.8 Å². The molecule has 0 unspecified atom stereocenters. The fourth-order valence-electron chi connectivity index (χ4n) is 2.54. The van der Waals surface area contributed by atoms with E-state index in [-0.39, 0.29) is 6.61 Å². The molecular formula is C20H30Cl2N2O4. The van der Waals surface area contributed by atoms with E-state index < -0.39 is 23.7 Å². The summed E-state index contributed by atoms with van der Waals surface area (Å²) in [5, 5.41) is 2.60. The van der Waals surface area contributed by atoms with Crippen LogP contribution < -0.4 is 10.2 Å². The van der Waals surface area contributed by atoms with Crippen molar-refractivity contribution in [3.8, 4) is 0 Å². The number of amides is 1. The molecule has 0 aliphatic carbocycles. The minimum absolute atomic E-state index is 0.232. The summed E-state index contributed by atoms with van der Waals surface area (Å²) in [5.41, 5.74) is 1.23. The molecule has 0 heterocycles. The van der Waals surface area contributed by atoms with Crippen molar-refractivity contribution in [2.24, 2.45) is 0 Å². The third kappa shape index (κ3) is 9.02. The Morgan fingerprint density at radius 2 is 1.68 bits per heavy atom. The minimum Gasteiger partial charge on any atom is -0.464 e. The van der Waals surface area contributed by atoms with E-state index in [4.69, 9.17) is 32.7 Å². The first-order valence-electron chi connectivity index (χ1n) is 9.32. The van der Waals surface area contributed by atoms with E-state index >= 15 is 0 Å². The van der Waals surface area contributed by atoms with E-state index in [1.165, 1.54) is 0 Å². The van der Waals surface area contributed by atoms with Gasteiger partial charge in [-0.1, -0.05) is 12.1 Å². The van der Waals surface area contributed by atoms with Crippen LogP contribution in [0.4, 0.5) is 10.5 Å². The molecule has 0 radical (unpaired) electrons. The van der Waals surface area contributed by atoms with Gasteiger partial charge in [0, 0.05) is 37.0 Å². The third-order valence-corrected chi connectivity index (χ3v) is 4.05. The number of rotatable bonds is 10. The topological polar surface area (TPSA) is 67.9 Å². The molecule has 1 atom stereocenters. The first-order valence-corrected chi connectivity index (χ1v) is 10.4. The quantitative estimate of drug-likeness (QED) is 0.447. The van der Waals surface area contributed by atoms with Crippen molar-refractivity contribution in [2.45, 2.75) is 45.8 Å². The lowest BCUT2D eigenvalue weighted by atomic mass is 10.1. The average Bonchev–Trinajstić information content (AvgIpc) is 2.60. The molecule has 1 N–H and O–H groups in total. The van der Waals surface area contributed by atoms with E-state index in [0.29, 0.717) is 31.3 Å². The number of hydrogen-bond acceptors (Lipinski definition) is 5. The van der Waals surface area contributed by atoms with Crippen molar-refractivity contribution in [1.29, 1.82) is 0 Å². The van der Waals surface area contributed by atoms with Crippen molar-refractivity contribution in [3.63, 3.8) is 0 Å². The van der Waals surface area contributed by atoms with Crippen LogP contribution in [0.1, 0.15) is 33.3 Å². The maximum absolute atomic E-state index is 12.3. The second-order valence-electron chi connectivity index (χ2n) is 7.19. The largest absolute Gasteiger partial charge is 0.464 e. The van der Waals surface area contributed by atoms with Crippen LogP contribution in [0.15, 0.2) is 24.3 Å². The highest BCUT2D eigenvalue weighted by Gasteiger charge is 2.25. The number of hydrogen-bond donors (Lipinski definition) is 1. The summed E-state index contributed by atoms with van der Waals surface area (Å²) in [7, 11) is 0. The van der Waals surface area contributed by atoms with Crippen molar-refractivity contribution in [2.75, 3.05) is 36.4 Å². The highest BCUT2D eigenvalue weighted by Crippen LogP contribution is 2.17. The number of benzene rings is 1. The first-order chi connectivity index (χ1) is 13.2. The number of alkyl halides is 2. The Balaban J connectivity index is 2.87. The zero-order valence-electron chi connectivity index (χ0n) is 17.0. The number of anilines is 1. The van der Waals surface area contributed by atoms with E-state index in [9.17, 15) is 9.59 Å². The van der Waals surface area contributed by atoms with Gasteiger partial charge in [0.15, 0.2) is 0 Å². The molecule has 1 aromatic carbocycles. The number of alkyl carbamates (subject to hydrolysis) is 1. The molecule has 0 aromatic heterocycles. The summed E-state index contributed by atoms with van der Waals surface area (Å²) in [6.07, 6.45) is -0.360. The van der Waals surface area contributed by atoms with Crippen LogP contribution in [0.3, 0.4) is 0 Å². The maximum atomic E-state index is 12.3. The zero-order valence-corrected chi connectivity index (χ0v) is 18.5. The summed E-state index contributed by atoms with van der Waals surface area (Å²) in [5.74, 6) is 0.510. The van der Waals surface area contributed by atoms with Gasteiger partial charge in [0.2, 0.25) is 0 Å². The molecule has 0 saturated heterocycles. The van der Waals surface area contributed by atoms with Gasteiger partial charge in [0.05, 0.1) is 6.61 Å². The summed E-state index contributed by atoms with van der Waals surface area (Å²) in [6, 6.07) is 6.89. The third-order valence-electron chi connectivity index (χ3n) is 3.71. The molecule has 0 aliphatic heterocycles. The van der Waals surface area contributed by atoms with Crippen LogP contribution in [0.5, 0.6) is 0 Å². The lowest BCUT2D eigenvalue weighted by Crippen LogP contribution is -2.45. The van der Waals surface area contributed by atoms with Gasteiger partial charge < -0.3 is 19.7 Å². The molecule has 0 fully saturated rings. The van der Waals surface area contributed by atoms with Gasteiger partial charge in [-0.3, -0.25) is 0 Å². The van der Waals surface area contributed by atoms with Crippen LogP contribution >= 0.6 is 23.2 Å². The number of carbonyl (C=O) groups excluding carboxylic acids is 2. The molecule has 0 aliphatic rings. The molecule has 158 valence electrons. The van der Waals surface area contributed by atoms with Gasteiger partial charge in [-0.2, -0.15) is 0 Å². The number of nitrogens with zero attached hydrogens (tertiary/aromatic N) is 1. The van der Waals surface area contributed by atoms with Crippen LogP contribution in [-0.2, 0) is 20.7 Å². The lowest BCUT2D eigenvalue weighted by molar-refractivity contribution is -0.145. The highest BCUT2D eigenvalue weighted by molar-refractivity contribution is 6.18. The highest BCUT2D eigenvalue weighted by atomic mass is 35.5. The van der Waals surface area contributed by atoms with Gasteiger partial charge in [-0.15, -0.1) is 23.2 Å². The monoisotopic (exact) mass is 432 g/mol. The van der Waals surface area contributed by atoms with Gasteiger partial charge in [-0.05, 0) is 45.4 Å². The van der Waals surface area contributed by atoms with E-state index in [1.54, 1.807) is 27.7 Å². The van der Waals surface area contributed by atoms with Crippen molar-refractivity contribution < 1.29 is 19.1 Å². The fraction of sp³-hybridized carbons (Fsp3) is 0.600. The molecule has 6 nitrogen and oxygen atoms in total. The Labute approximate surface area is 177 Å². The molecule has 0 spiro atoms. The average molecular weight is 433 g/mol. The van der Waals surface area contributed by atoms with E-state index in [2.05, 4.69) is 10.2 Å². The zero-order chi connectivity index (χ0) is 21.2. The van der Waals surface area contributed by atoms with Crippen LogP contribution in [0.25, 0.3) is 0 Å². The minimum atomic E-state index is -0.831. The molecule has 1 amide bonds. The van der Waals surface area contributed by atoms with Crippen LogP contribution in [0, 0.1) is 0 Å². The predicted octanol–water partition coefficient (Wildman–Crippen LogP) is 3.97. The van der Waals surface area contributed by atoms with Crippen LogP contribution in [-0.4, -0.2) is 55.2 Å². The first kappa shape index (κ1) is 24.4. The van der Waals surface area contributed by atoms with Gasteiger partial charge in [-0.25, -0.2) is 9.59 Å². The predicted molar refractivity (Wildman–Crippen MR) is 114 cm³/mol. The normalized spacial score (nSPS) is 12.2. The standard InChI is InChI=1S/C20H30Cl2N2O4/c1-5-27-18(25)17(23-19(26)28-20(2,3)4)14-15-6-8-16(9-7-15)24(12-10-21)13-11-22/h6-9,17H,5,10-14H2,1-4H3,(H,23,26)/t17-/m0/s1. The number of nitrogens with one attached hydrogen (secondary N) is 1.